The molecule has 29 heavy (non-hydrogen) atoms. The molecule has 2 aromatic carbocycles. The Kier molecular flexibility index (Phi) is 6.16. The van der Waals surface area contributed by atoms with Gasteiger partial charge in [0.15, 0.2) is 11.9 Å². The molecular formula is C22H24N2O5. The number of carbonyl (C=O) groups excluding carboxylic acids is 3. The molecule has 1 heterocycles. The zero-order valence-electron chi connectivity index (χ0n) is 16.7. The van der Waals surface area contributed by atoms with E-state index in [4.69, 9.17) is 9.47 Å². The number of rotatable bonds is 7. The van der Waals surface area contributed by atoms with Crippen LogP contribution < -0.4 is 19.7 Å². The number of amides is 2. The Labute approximate surface area is 169 Å². The number of fused-ring (bicyclic) bond motifs is 1. The molecule has 3 rings (SSSR count). The molecule has 0 aliphatic carbocycles. The van der Waals surface area contributed by atoms with Gasteiger partial charge in [0.25, 0.3) is 5.91 Å². The highest BCUT2D eigenvalue weighted by atomic mass is 16.5. The van der Waals surface area contributed by atoms with Crippen molar-refractivity contribution in [2.45, 2.75) is 26.4 Å². The Morgan fingerprint density at radius 2 is 1.90 bits per heavy atom. The second kappa shape index (κ2) is 8.77. The van der Waals surface area contributed by atoms with Crippen molar-refractivity contribution in [1.29, 1.82) is 0 Å². The summed E-state index contributed by atoms with van der Waals surface area (Å²) in [7, 11) is 1.61. The van der Waals surface area contributed by atoms with E-state index < -0.39 is 6.10 Å². The molecule has 7 nitrogen and oxygen atoms in total. The predicted molar refractivity (Wildman–Crippen MR) is 109 cm³/mol. The van der Waals surface area contributed by atoms with Crippen molar-refractivity contribution in [2.24, 2.45) is 0 Å². The molecule has 152 valence electrons. The SMILES string of the molecule is COc1ccc(CCNC(=O)CN2C(=O)C(C)Oc3ccc(C(C)=O)cc32)cc1. The van der Waals surface area contributed by atoms with Crippen LogP contribution in [0.2, 0.25) is 0 Å². The summed E-state index contributed by atoms with van der Waals surface area (Å²) in [5, 5.41) is 2.84. The van der Waals surface area contributed by atoms with Crippen LogP contribution in [0.3, 0.4) is 0 Å². The highest BCUT2D eigenvalue weighted by Crippen LogP contribution is 2.34. The van der Waals surface area contributed by atoms with Gasteiger partial charge in [-0.1, -0.05) is 12.1 Å². The van der Waals surface area contributed by atoms with Crippen LogP contribution in [0.1, 0.15) is 29.8 Å². The molecule has 0 saturated heterocycles. The van der Waals surface area contributed by atoms with Crippen molar-refractivity contribution < 1.29 is 23.9 Å². The Hall–Kier alpha value is -3.35. The number of ketones is 1. The zero-order chi connectivity index (χ0) is 21.0. The third kappa shape index (κ3) is 4.74. The monoisotopic (exact) mass is 396 g/mol. The summed E-state index contributed by atoms with van der Waals surface area (Å²) >= 11 is 0. The molecule has 0 aromatic heterocycles. The maximum atomic E-state index is 12.6. The minimum Gasteiger partial charge on any atom is -0.497 e. The van der Waals surface area contributed by atoms with Gasteiger partial charge in [-0.3, -0.25) is 19.3 Å². The number of methoxy groups -OCH3 is 1. The molecule has 0 fully saturated rings. The number of benzene rings is 2. The smallest absolute Gasteiger partial charge is 0.268 e. The third-order valence-electron chi connectivity index (χ3n) is 4.77. The van der Waals surface area contributed by atoms with Gasteiger partial charge in [0.05, 0.1) is 12.8 Å². The molecule has 2 aromatic rings. The number of anilines is 1. The second-order valence-electron chi connectivity index (χ2n) is 6.87. The number of Topliss-reactive ketones (excluding diaryl/α,β-unsaturated/α-hetero) is 1. The van der Waals surface area contributed by atoms with Crippen molar-refractivity contribution in [3.05, 3.63) is 53.6 Å². The van der Waals surface area contributed by atoms with E-state index in [2.05, 4.69) is 5.32 Å². The van der Waals surface area contributed by atoms with Gasteiger partial charge in [-0.05, 0) is 56.2 Å². The standard InChI is InChI=1S/C22H24N2O5/c1-14(25)17-6-9-20-19(12-17)24(22(27)15(2)29-20)13-21(26)23-11-10-16-4-7-18(28-3)8-5-16/h4-9,12,15H,10-11,13H2,1-3H3,(H,23,26). The largest absolute Gasteiger partial charge is 0.497 e. The Bertz CT molecular complexity index is 923. The first kappa shape index (κ1) is 20.4. The molecule has 0 spiro atoms. The average molecular weight is 396 g/mol. The van der Waals surface area contributed by atoms with Crippen molar-refractivity contribution >= 4 is 23.3 Å². The van der Waals surface area contributed by atoms with Crippen molar-refractivity contribution in [3.8, 4) is 11.5 Å². The van der Waals surface area contributed by atoms with Crippen LogP contribution in [-0.4, -0.2) is 43.9 Å². The zero-order valence-corrected chi connectivity index (χ0v) is 16.7. The van der Waals surface area contributed by atoms with Gasteiger partial charge >= 0.3 is 0 Å². The molecule has 1 unspecified atom stereocenters. The van der Waals surface area contributed by atoms with Crippen LogP contribution >= 0.6 is 0 Å². The summed E-state index contributed by atoms with van der Waals surface area (Å²) in [6.07, 6.45) is -0.0355. The number of nitrogens with zero attached hydrogens (tertiary/aromatic N) is 1. The van der Waals surface area contributed by atoms with Crippen molar-refractivity contribution in [2.75, 3.05) is 25.1 Å². The topological polar surface area (TPSA) is 84.9 Å². The van der Waals surface area contributed by atoms with Crippen LogP contribution in [0, 0.1) is 0 Å². The molecule has 1 aliphatic rings. The molecule has 1 N–H and O–H groups in total. The fourth-order valence-electron chi connectivity index (χ4n) is 3.13. The van der Waals surface area contributed by atoms with Crippen LogP contribution in [-0.2, 0) is 16.0 Å². The number of hydrogen-bond donors (Lipinski definition) is 1. The average Bonchev–Trinajstić information content (AvgIpc) is 2.71. The third-order valence-corrected chi connectivity index (χ3v) is 4.77. The fourth-order valence-corrected chi connectivity index (χ4v) is 3.13. The van der Waals surface area contributed by atoms with Crippen LogP contribution in [0.25, 0.3) is 0 Å². The Balaban J connectivity index is 1.65. The van der Waals surface area contributed by atoms with Gasteiger partial charge in [-0.2, -0.15) is 0 Å². The molecule has 0 bridgehead atoms. The van der Waals surface area contributed by atoms with E-state index in [9.17, 15) is 14.4 Å². The first-order valence-corrected chi connectivity index (χ1v) is 9.41. The van der Waals surface area contributed by atoms with Gasteiger partial charge in [0.2, 0.25) is 5.91 Å². The summed E-state index contributed by atoms with van der Waals surface area (Å²) in [5.41, 5.74) is 1.96. The van der Waals surface area contributed by atoms with Crippen molar-refractivity contribution in [1.82, 2.24) is 5.32 Å². The maximum Gasteiger partial charge on any atom is 0.268 e. The number of ether oxygens (including phenoxy) is 2. The van der Waals surface area contributed by atoms with Gasteiger partial charge in [-0.25, -0.2) is 0 Å². The summed E-state index contributed by atoms with van der Waals surface area (Å²) in [6, 6.07) is 12.5. The van der Waals surface area contributed by atoms with Crippen LogP contribution in [0.5, 0.6) is 11.5 Å². The molecule has 0 saturated carbocycles. The summed E-state index contributed by atoms with van der Waals surface area (Å²) < 4.78 is 10.7. The lowest BCUT2D eigenvalue weighted by atomic mass is 10.1. The minimum absolute atomic E-state index is 0.122. The van der Waals surface area contributed by atoms with Crippen LogP contribution in [0.4, 0.5) is 5.69 Å². The van der Waals surface area contributed by atoms with Gasteiger partial charge < -0.3 is 14.8 Å². The normalized spacial score (nSPS) is 15.3. The first-order valence-electron chi connectivity index (χ1n) is 9.41. The van der Waals surface area contributed by atoms with Crippen molar-refractivity contribution in [3.63, 3.8) is 0 Å². The lowest BCUT2D eigenvalue weighted by Crippen LogP contribution is -2.49. The van der Waals surface area contributed by atoms with E-state index in [1.807, 2.05) is 24.3 Å². The molecule has 1 aliphatic heterocycles. The predicted octanol–water partition coefficient (Wildman–Crippen LogP) is 2.37. The first-order chi connectivity index (χ1) is 13.9. The quantitative estimate of drug-likeness (QED) is 0.727. The summed E-state index contributed by atoms with van der Waals surface area (Å²) in [4.78, 5) is 38.1. The summed E-state index contributed by atoms with van der Waals surface area (Å²) in [6.45, 7) is 3.40. The number of hydrogen-bond acceptors (Lipinski definition) is 5. The van der Waals surface area contributed by atoms with E-state index in [0.29, 0.717) is 30.0 Å². The van der Waals surface area contributed by atoms with E-state index in [1.165, 1.54) is 11.8 Å². The van der Waals surface area contributed by atoms with Crippen LogP contribution in [0.15, 0.2) is 42.5 Å². The van der Waals surface area contributed by atoms with E-state index >= 15 is 0 Å². The van der Waals surface area contributed by atoms with E-state index in [-0.39, 0.29) is 24.1 Å². The highest BCUT2D eigenvalue weighted by molar-refractivity contribution is 6.05. The molecule has 0 radical (unpaired) electrons. The molecule has 1 atom stereocenters. The maximum absolute atomic E-state index is 12.6. The lowest BCUT2D eigenvalue weighted by molar-refractivity contribution is -0.128. The number of nitrogens with one attached hydrogen (secondary N) is 1. The van der Waals surface area contributed by atoms with Gasteiger partial charge in [-0.15, -0.1) is 0 Å². The summed E-state index contributed by atoms with van der Waals surface area (Å²) in [5.74, 6) is 0.542. The van der Waals surface area contributed by atoms with Gasteiger partial charge in [0, 0.05) is 12.1 Å². The van der Waals surface area contributed by atoms with E-state index in [0.717, 1.165) is 11.3 Å². The minimum atomic E-state index is -0.697. The van der Waals surface area contributed by atoms with E-state index in [1.54, 1.807) is 32.2 Å². The second-order valence-corrected chi connectivity index (χ2v) is 6.87. The Morgan fingerprint density at radius 1 is 1.17 bits per heavy atom. The molecule has 2 amide bonds. The highest BCUT2D eigenvalue weighted by Gasteiger charge is 2.33. The lowest BCUT2D eigenvalue weighted by Gasteiger charge is -2.32. The molecular weight excluding hydrogens is 372 g/mol. The number of carbonyl (C=O) groups is 3. The fraction of sp³-hybridized carbons (Fsp3) is 0.318. The Morgan fingerprint density at radius 3 is 2.55 bits per heavy atom. The molecule has 7 heteroatoms. The van der Waals surface area contributed by atoms with Gasteiger partial charge in [0.1, 0.15) is 18.0 Å².